The highest BCUT2D eigenvalue weighted by molar-refractivity contribution is 7.18. The topological polar surface area (TPSA) is 86.6 Å². The molecule has 0 bridgehead atoms. The summed E-state index contributed by atoms with van der Waals surface area (Å²) < 4.78 is 0. The van der Waals surface area contributed by atoms with E-state index in [2.05, 4.69) is 34.2 Å². The van der Waals surface area contributed by atoms with Gasteiger partial charge in [0, 0.05) is 31.7 Å². The number of carboxylic acid groups (broad SMARTS) is 1. The minimum absolute atomic E-state index is 0.0360. The molecule has 1 aliphatic rings. The number of amides is 1. The summed E-state index contributed by atoms with van der Waals surface area (Å²) in [4.78, 5) is 27.9. The number of unbranched alkanes of at least 4 members (excludes halogenated alkanes) is 1. The number of nitrogens with zero attached hydrogens (tertiary/aromatic N) is 4. The summed E-state index contributed by atoms with van der Waals surface area (Å²) in [5, 5.41) is 19.1. The van der Waals surface area contributed by atoms with Crippen molar-refractivity contribution < 1.29 is 14.7 Å². The van der Waals surface area contributed by atoms with Crippen molar-refractivity contribution in [2.45, 2.75) is 32.6 Å². The number of rotatable bonds is 11. The first-order valence-electron chi connectivity index (χ1n) is 11.8. The second kappa shape index (κ2) is 11.4. The molecule has 1 fully saturated rings. The fourth-order valence-corrected chi connectivity index (χ4v) is 4.85. The summed E-state index contributed by atoms with van der Waals surface area (Å²) >= 11 is 1.44. The van der Waals surface area contributed by atoms with Gasteiger partial charge in [0.25, 0.3) is 0 Å². The van der Waals surface area contributed by atoms with Gasteiger partial charge in [0.1, 0.15) is 5.01 Å². The molecule has 0 unspecified atom stereocenters. The van der Waals surface area contributed by atoms with Gasteiger partial charge in [-0.05, 0) is 24.0 Å². The van der Waals surface area contributed by atoms with Crippen LogP contribution < -0.4 is 4.90 Å². The predicted octanol–water partition coefficient (Wildman–Crippen LogP) is 4.14. The summed E-state index contributed by atoms with van der Waals surface area (Å²) in [6.45, 7) is 4.88. The van der Waals surface area contributed by atoms with Crippen molar-refractivity contribution in [2.24, 2.45) is 5.92 Å². The first kappa shape index (κ1) is 24.0. The summed E-state index contributed by atoms with van der Waals surface area (Å²) in [6, 6.07) is 18.0. The molecule has 0 saturated carbocycles. The van der Waals surface area contributed by atoms with E-state index in [0.29, 0.717) is 31.2 Å². The Labute approximate surface area is 204 Å². The maximum atomic E-state index is 13.1. The van der Waals surface area contributed by atoms with Crippen LogP contribution in [0.15, 0.2) is 54.6 Å². The Morgan fingerprint density at radius 2 is 1.79 bits per heavy atom. The van der Waals surface area contributed by atoms with Gasteiger partial charge < -0.3 is 10.0 Å². The van der Waals surface area contributed by atoms with Crippen LogP contribution in [-0.4, -0.2) is 58.3 Å². The Hall–Kier alpha value is -3.10. The normalized spacial score (nSPS) is 14.0. The Balaban J connectivity index is 1.38. The standard InChI is InChI=1S/C26H30N4O3S/c1-2-3-14-30(23(31)16-20-7-5-4-6-8-20)26-28-27-24(34-26)21-11-9-19(10-12-21)13-15-29-17-22(18-29)25(32)33/h4-12,22H,2-3,13-18H2,1H3,(H,32,33). The monoisotopic (exact) mass is 478 g/mol. The van der Waals surface area contributed by atoms with E-state index in [-0.39, 0.29) is 11.8 Å². The van der Waals surface area contributed by atoms with Crippen LogP contribution in [-0.2, 0) is 22.4 Å². The van der Waals surface area contributed by atoms with Crippen molar-refractivity contribution in [1.82, 2.24) is 15.1 Å². The molecule has 7 nitrogen and oxygen atoms in total. The maximum Gasteiger partial charge on any atom is 0.309 e. The lowest BCUT2D eigenvalue weighted by Gasteiger charge is -2.36. The molecule has 0 atom stereocenters. The first-order valence-corrected chi connectivity index (χ1v) is 12.6. The SMILES string of the molecule is CCCCN(C(=O)Cc1ccccc1)c1nnc(-c2ccc(CCN3CC(C(=O)O)C3)cc2)s1. The van der Waals surface area contributed by atoms with Crippen LogP contribution in [0.2, 0.25) is 0 Å². The molecule has 4 rings (SSSR count). The smallest absolute Gasteiger partial charge is 0.309 e. The van der Waals surface area contributed by atoms with E-state index in [9.17, 15) is 9.59 Å². The highest BCUT2D eigenvalue weighted by Crippen LogP contribution is 2.30. The van der Waals surface area contributed by atoms with Gasteiger partial charge in [-0.25, -0.2) is 0 Å². The van der Waals surface area contributed by atoms with Gasteiger partial charge in [0.2, 0.25) is 11.0 Å². The molecular formula is C26H30N4O3S. The Morgan fingerprint density at radius 3 is 2.47 bits per heavy atom. The van der Waals surface area contributed by atoms with Crippen LogP contribution in [0.4, 0.5) is 5.13 Å². The summed E-state index contributed by atoms with van der Waals surface area (Å²) in [5.41, 5.74) is 3.18. The van der Waals surface area contributed by atoms with Gasteiger partial charge in [-0.2, -0.15) is 0 Å². The Morgan fingerprint density at radius 1 is 1.06 bits per heavy atom. The van der Waals surface area contributed by atoms with Gasteiger partial charge in [-0.1, -0.05) is 79.3 Å². The van der Waals surface area contributed by atoms with Gasteiger partial charge in [0.15, 0.2) is 0 Å². The molecule has 1 saturated heterocycles. The maximum absolute atomic E-state index is 13.1. The number of benzene rings is 2. The zero-order chi connectivity index (χ0) is 23.9. The van der Waals surface area contributed by atoms with Crippen LogP contribution in [0.5, 0.6) is 0 Å². The van der Waals surface area contributed by atoms with Crippen molar-refractivity contribution >= 4 is 28.3 Å². The number of likely N-dealkylation sites (tertiary alicyclic amines) is 1. The molecule has 2 heterocycles. The predicted molar refractivity (Wildman–Crippen MR) is 134 cm³/mol. The fraction of sp³-hybridized carbons (Fsp3) is 0.385. The number of carbonyl (C=O) groups excluding carboxylic acids is 1. The number of aromatic nitrogens is 2. The van der Waals surface area contributed by atoms with E-state index < -0.39 is 5.97 Å². The third-order valence-electron chi connectivity index (χ3n) is 6.10. The minimum atomic E-state index is -0.702. The lowest BCUT2D eigenvalue weighted by Crippen LogP contribution is -2.50. The van der Waals surface area contributed by atoms with Gasteiger partial charge >= 0.3 is 5.97 Å². The van der Waals surface area contributed by atoms with E-state index in [4.69, 9.17) is 5.11 Å². The molecule has 3 aromatic rings. The second-order valence-corrected chi connectivity index (χ2v) is 9.65. The highest BCUT2D eigenvalue weighted by Gasteiger charge is 2.31. The zero-order valence-electron chi connectivity index (χ0n) is 19.4. The van der Waals surface area contributed by atoms with E-state index in [1.54, 1.807) is 4.90 Å². The highest BCUT2D eigenvalue weighted by atomic mass is 32.1. The van der Waals surface area contributed by atoms with Gasteiger partial charge in [-0.3, -0.25) is 14.5 Å². The average Bonchev–Trinajstić information content (AvgIpc) is 3.29. The van der Waals surface area contributed by atoms with Crippen LogP contribution in [0.1, 0.15) is 30.9 Å². The minimum Gasteiger partial charge on any atom is -0.481 e. The number of aliphatic carboxylic acids is 1. The quantitative estimate of drug-likeness (QED) is 0.446. The average molecular weight is 479 g/mol. The molecule has 0 aliphatic carbocycles. The molecule has 1 aliphatic heterocycles. The summed E-state index contributed by atoms with van der Waals surface area (Å²) in [7, 11) is 0. The third kappa shape index (κ3) is 6.07. The first-order chi connectivity index (χ1) is 16.5. The van der Waals surface area contributed by atoms with Crippen molar-refractivity contribution in [1.29, 1.82) is 0 Å². The zero-order valence-corrected chi connectivity index (χ0v) is 20.2. The van der Waals surface area contributed by atoms with Gasteiger partial charge in [0.05, 0.1) is 12.3 Å². The van der Waals surface area contributed by atoms with Crippen LogP contribution in [0.25, 0.3) is 10.6 Å². The van der Waals surface area contributed by atoms with Crippen LogP contribution in [0.3, 0.4) is 0 Å². The number of hydrogen-bond donors (Lipinski definition) is 1. The van der Waals surface area contributed by atoms with Gasteiger partial charge in [-0.15, -0.1) is 10.2 Å². The van der Waals surface area contributed by atoms with Crippen molar-refractivity contribution in [3.63, 3.8) is 0 Å². The lowest BCUT2D eigenvalue weighted by molar-refractivity contribution is -0.147. The van der Waals surface area contributed by atoms with E-state index in [1.807, 2.05) is 42.5 Å². The molecule has 0 spiro atoms. The van der Waals surface area contributed by atoms with Crippen LogP contribution in [0, 0.1) is 5.92 Å². The third-order valence-corrected chi connectivity index (χ3v) is 7.10. The number of carbonyl (C=O) groups is 2. The second-order valence-electron chi connectivity index (χ2n) is 8.69. The van der Waals surface area contributed by atoms with E-state index in [1.165, 1.54) is 16.9 Å². The molecule has 8 heteroatoms. The molecule has 34 heavy (non-hydrogen) atoms. The van der Waals surface area contributed by atoms with E-state index in [0.717, 1.165) is 41.9 Å². The number of hydrogen-bond acceptors (Lipinski definition) is 6. The Kier molecular flexibility index (Phi) is 8.03. The summed E-state index contributed by atoms with van der Waals surface area (Å²) in [6.07, 6.45) is 3.14. The van der Waals surface area contributed by atoms with Crippen LogP contribution >= 0.6 is 11.3 Å². The molecule has 1 N–H and O–H groups in total. The van der Waals surface area contributed by atoms with Crippen molar-refractivity contribution in [3.05, 3.63) is 65.7 Å². The lowest BCUT2D eigenvalue weighted by atomic mass is 9.99. The van der Waals surface area contributed by atoms with Crippen molar-refractivity contribution in [3.8, 4) is 10.6 Å². The Bertz CT molecular complexity index is 1090. The van der Waals surface area contributed by atoms with Crippen molar-refractivity contribution in [2.75, 3.05) is 31.1 Å². The largest absolute Gasteiger partial charge is 0.481 e. The molecule has 1 amide bonds. The molecule has 2 aromatic carbocycles. The molecular weight excluding hydrogens is 448 g/mol. The molecule has 0 radical (unpaired) electrons. The molecule has 178 valence electrons. The fourth-order valence-electron chi connectivity index (χ4n) is 3.96. The molecule has 1 aromatic heterocycles. The number of carboxylic acids is 1. The van der Waals surface area contributed by atoms with E-state index >= 15 is 0 Å². The number of anilines is 1. The summed E-state index contributed by atoms with van der Waals surface area (Å²) in [5.74, 6) is -0.883.